The summed E-state index contributed by atoms with van der Waals surface area (Å²) in [6, 6.07) is -1.39. The van der Waals surface area contributed by atoms with Crippen molar-refractivity contribution in [2.24, 2.45) is 5.73 Å². The Morgan fingerprint density at radius 3 is 2.44 bits per heavy atom. The molecule has 0 radical (unpaired) electrons. The first-order valence-corrected chi connectivity index (χ1v) is 2.14. The Balaban J connectivity index is 3.63. The van der Waals surface area contributed by atoms with Crippen molar-refractivity contribution in [3.05, 3.63) is 10.1 Å². The molecule has 0 saturated heterocycles. The summed E-state index contributed by atoms with van der Waals surface area (Å²) in [7, 11) is 0. The molecule has 0 bridgehead atoms. The van der Waals surface area contributed by atoms with Crippen LogP contribution in [0.3, 0.4) is 0 Å². The maximum absolute atomic E-state index is 9.81. The molecule has 0 aliphatic carbocycles. The molecule has 0 aromatic rings. The van der Waals surface area contributed by atoms with Gasteiger partial charge >= 0.3 is 5.97 Å². The van der Waals surface area contributed by atoms with E-state index < -0.39 is 23.5 Å². The van der Waals surface area contributed by atoms with Crippen LogP contribution in [0.15, 0.2) is 0 Å². The van der Waals surface area contributed by atoms with Crippen molar-refractivity contribution in [1.82, 2.24) is 0 Å². The molecule has 0 saturated carbocycles. The predicted molar refractivity (Wildman–Crippen MR) is 27.5 cm³/mol. The SMILES string of the molecule is NC(C[N+](=O)[O-])C(=O)O. The van der Waals surface area contributed by atoms with Crippen molar-refractivity contribution in [3.63, 3.8) is 0 Å². The molecule has 0 rings (SSSR count). The molecule has 52 valence electrons. The second-order valence-electron chi connectivity index (χ2n) is 1.46. The van der Waals surface area contributed by atoms with E-state index in [1.807, 2.05) is 0 Å². The average Bonchev–Trinajstić information content (AvgIpc) is 1.63. The van der Waals surface area contributed by atoms with Crippen LogP contribution in [-0.4, -0.2) is 28.6 Å². The number of carbonyl (C=O) groups is 1. The molecule has 6 heteroatoms. The molecule has 0 amide bonds. The first-order chi connectivity index (χ1) is 4.04. The van der Waals surface area contributed by atoms with E-state index in [1.165, 1.54) is 0 Å². The van der Waals surface area contributed by atoms with E-state index in [9.17, 15) is 14.9 Å². The van der Waals surface area contributed by atoms with Crippen LogP contribution in [0, 0.1) is 10.1 Å². The van der Waals surface area contributed by atoms with Crippen molar-refractivity contribution in [3.8, 4) is 0 Å². The van der Waals surface area contributed by atoms with Crippen molar-refractivity contribution in [2.45, 2.75) is 6.04 Å². The van der Waals surface area contributed by atoms with Crippen LogP contribution >= 0.6 is 0 Å². The van der Waals surface area contributed by atoms with Gasteiger partial charge in [-0.1, -0.05) is 0 Å². The average molecular weight is 134 g/mol. The van der Waals surface area contributed by atoms with Crippen LogP contribution in [0.25, 0.3) is 0 Å². The van der Waals surface area contributed by atoms with E-state index in [2.05, 4.69) is 0 Å². The minimum Gasteiger partial charge on any atom is -0.480 e. The summed E-state index contributed by atoms with van der Waals surface area (Å²) in [5.74, 6) is -1.35. The van der Waals surface area contributed by atoms with Crippen molar-refractivity contribution >= 4 is 5.97 Å². The van der Waals surface area contributed by atoms with Gasteiger partial charge in [0.05, 0.1) is 0 Å². The van der Waals surface area contributed by atoms with Crippen LogP contribution in [0.1, 0.15) is 0 Å². The smallest absolute Gasteiger partial charge is 0.327 e. The van der Waals surface area contributed by atoms with Gasteiger partial charge in [0.25, 0.3) is 0 Å². The maximum Gasteiger partial charge on any atom is 0.327 e. The number of nitro groups is 1. The summed E-state index contributed by atoms with van der Waals surface area (Å²) in [6.45, 7) is -0.727. The number of nitrogens with zero attached hydrogens (tertiary/aromatic N) is 1. The molecule has 3 N–H and O–H groups in total. The number of hydrogen-bond acceptors (Lipinski definition) is 4. The fraction of sp³-hybridized carbons (Fsp3) is 0.667. The van der Waals surface area contributed by atoms with Crippen molar-refractivity contribution in [2.75, 3.05) is 6.54 Å². The Kier molecular flexibility index (Phi) is 2.59. The van der Waals surface area contributed by atoms with Gasteiger partial charge < -0.3 is 10.8 Å². The highest BCUT2D eigenvalue weighted by atomic mass is 16.6. The number of carboxylic acids is 1. The summed E-state index contributed by atoms with van der Waals surface area (Å²) < 4.78 is 0. The Morgan fingerprint density at radius 1 is 1.89 bits per heavy atom. The lowest BCUT2D eigenvalue weighted by Crippen LogP contribution is -2.36. The molecule has 9 heavy (non-hydrogen) atoms. The molecule has 0 spiro atoms. The third-order valence-corrected chi connectivity index (χ3v) is 0.663. The molecule has 0 aromatic heterocycles. The monoisotopic (exact) mass is 134 g/mol. The van der Waals surface area contributed by atoms with Crippen LogP contribution in [0.2, 0.25) is 0 Å². The summed E-state index contributed by atoms with van der Waals surface area (Å²) in [5.41, 5.74) is 4.78. The minimum atomic E-state index is -1.39. The first kappa shape index (κ1) is 7.83. The Morgan fingerprint density at radius 2 is 2.33 bits per heavy atom. The highest BCUT2D eigenvalue weighted by Crippen LogP contribution is 1.78. The summed E-state index contributed by atoms with van der Waals surface area (Å²) in [6.07, 6.45) is 0. The second kappa shape index (κ2) is 2.98. The second-order valence-corrected chi connectivity index (χ2v) is 1.46. The fourth-order valence-electron chi connectivity index (χ4n) is 0.239. The highest BCUT2D eigenvalue weighted by Gasteiger charge is 2.16. The molecule has 1 atom stereocenters. The van der Waals surface area contributed by atoms with Crippen LogP contribution in [0.4, 0.5) is 0 Å². The summed E-state index contributed by atoms with van der Waals surface area (Å²) in [4.78, 5) is 18.6. The molecule has 0 heterocycles. The molecule has 0 aliphatic rings. The van der Waals surface area contributed by atoms with Gasteiger partial charge in [0.1, 0.15) is 0 Å². The Hall–Kier alpha value is -1.17. The van der Waals surface area contributed by atoms with Crippen molar-refractivity contribution in [1.29, 1.82) is 0 Å². The molecule has 0 fully saturated rings. The molecule has 6 nitrogen and oxygen atoms in total. The normalized spacial score (nSPS) is 12.6. The van der Waals surface area contributed by atoms with Gasteiger partial charge in [-0.2, -0.15) is 0 Å². The van der Waals surface area contributed by atoms with Gasteiger partial charge in [0, 0.05) is 4.92 Å². The number of nitrogens with two attached hydrogens (primary N) is 1. The summed E-state index contributed by atoms with van der Waals surface area (Å²) in [5, 5.41) is 17.6. The maximum atomic E-state index is 9.81. The van der Waals surface area contributed by atoms with Gasteiger partial charge in [0.15, 0.2) is 6.04 Å². The third kappa shape index (κ3) is 3.42. The lowest BCUT2D eigenvalue weighted by molar-refractivity contribution is -0.480. The predicted octanol–water partition coefficient (Wildman–Crippen LogP) is -1.32. The number of aliphatic carboxylic acids is 1. The minimum absolute atomic E-state index is 0.727. The lowest BCUT2D eigenvalue weighted by atomic mass is 10.3. The van der Waals surface area contributed by atoms with Crippen LogP contribution in [0.5, 0.6) is 0 Å². The van der Waals surface area contributed by atoms with Crippen LogP contribution < -0.4 is 5.73 Å². The highest BCUT2D eigenvalue weighted by molar-refractivity contribution is 5.73. The number of hydrogen-bond donors (Lipinski definition) is 2. The third-order valence-electron chi connectivity index (χ3n) is 0.663. The topological polar surface area (TPSA) is 106 Å². The number of carboxylic acid groups (broad SMARTS) is 1. The molecule has 0 aromatic carbocycles. The van der Waals surface area contributed by atoms with E-state index in [0.29, 0.717) is 0 Å². The summed E-state index contributed by atoms with van der Waals surface area (Å²) >= 11 is 0. The van der Waals surface area contributed by atoms with E-state index in [4.69, 9.17) is 10.8 Å². The first-order valence-electron chi connectivity index (χ1n) is 2.14. The van der Waals surface area contributed by atoms with Gasteiger partial charge in [-0.05, 0) is 0 Å². The Bertz CT molecular complexity index is 134. The van der Waals surface area contributed by atoms with E-state index in [-0.39, 0.29) is 0 Å². The zero-order valence-corrected chi connectivity index (χ0v) is 4.48. The quantitative estimate of drug-likeness (QED) is 0.367. The van der Waals surface area contributed by atoms with Crippen molar-refractivity contribution < 1.29 is 14.8 Å². The van der Waals surface area contributed by atoms with Gasteiger partial charge in [-0.25, -0.2) is 0 Å². The van der Waals surface area contributed by atoms with E-state index in [0.717, 1.165) is 0 Å². The molecule has 1 unspecified atom stereocenters. The zero-order valence-electron chi connectivity index (χ0n) is 4.48. The molecule has 0 aliphatic heterocycles. The van der Waals surface area contributed by atoms with Gasteiger partial charge in [0.2, 0.25) is 6.54 Å². The molecular formula is C3H6N2O4. The molecular weight excluding hydrogens is 128 g/mol. The van der Waals surface area contributed by atoms with Gasteiger partial charge in [-0.3, -0.25) is 14.9 Å². The van der Waals surface area contributed by atoms with E-state index in [1.54, 1.807) is 0 Å². The standard InChI is InChI=1S/C3H6N2O4/c4-2(3(6)7)1-5(8)9/h2H,1,4H2,(H,6,7). The number of rotatable bonds is 3. The fourth-order valence-corrected chi connectivity index (χ4v) is 0.239. The zero-order chi connectivity index (χ0) is 7.44. The van der Waals surface area contributed by atoms with Gasteiger partial charge in [-0.15, -0.1) is 0 Å². The Labute approximate surface area is 50.4 Å². The van der Waals surface area contributed by atoms with E-state index >= 15 is 0 Å². The largest absolute Gasteiger partial charge is 0.480 e. The lowest BCUT2D eigenvalue weighted by Gasteiger charge is -1.96. The van der Waals surface area contributed by atoms with Crippen LogP contribution in [-0.2, 0) is 4.79 Å².